The maximum Gasteiger partial charge on any atom is 0.322 e. The standard InChI is InChI=1S/C17H25N3O/c1-19(2)15-11-12-20(16-10-6-5-9-14(15)16)17(21)18-13-7-3-4-8-13/h5-6,9-10,13,15H,3-4,7-8,11-12H2,1-2H3,(H,18,21). The fourth-order valence-corrected chi connectivity index (χ4v) is 3.61. The van der Waals surface area contributed by atoms with E-state index in [0.29, 0.717) is 12.1 Å². The molecule has 0 radical (unpaired) electrons. The molecule has 1 saturated carbocycles. The summed E-state index contributed by atoms with van der Waals surface area (Å²) in [6.45, 7) is 0.790. The highest BCUT2D eigenvalue weighted by molar-refractivity contribution is 5.93. The normalized spacial score (nSPS) is 22.4. The number of benzene rings is 1. The fraction of sp³-hybridized carbons (Fsp3) is 0.588. The summed E-state index contributed by atoms with van der Waals surface area (Å²) in [4.78, 5) is 16.8. The van der Waals surface area contributed by atoms with Gasteiger partial charge in [-0.05, 0) is 45.0 Å². The molecule has 4 nitrogen and oxygen atoms in total. The zero-order valence-electron chi connectivity index (χ0n) is 13.0. The van der Waals surface area contributed by atoms with E-state index >= 15 is 0 Å². The molecule has 1 fully saturated rings. The number of para-hydroxylation sites is 1. The number of amides is 2. The second-order valence-electron chi connectivity index (χ2n) is 6.41. The maximum absolute atomic E-state index is 12.6. The molecule has 0 bridgehead atoms. The van der Waals surface area contributed by atoms with Gasteiger partial charge in [0.1, 0.15) is 0 Å². The smallest absolute Gasteiger partial charge is 0.322 e. The summed E-state index contributed by atoms with van der Waals surface area (Å²) in [6.07, 6.45) is 5.72. The molecule has 0 saturated heterocycles. The van der Waals surface area contributed by atoms with E-state index in [-0.39, 0.29) is 6.03 Å². The summed E-state index contributed by atoms with van der Waals surface area (Å²) in [7, 11) is 4.21. The Morgan fingerprint density at radius 1 is 1.19 bits per heavy atom. The summed E-state index contributed by atoms with van der Waals surface area (Å²) in [5, 5.41) is 3.21. The third-order valence-corrected chi connectivity index (χ3v) is 4.76. The number of hydrogen-bond acceptors (Lipinski definition) is 2. The lowest BCUT2D eigenvalue weighted by Gasteiger charge is -2.37. The topological polar surface area (TPSA) is 35.6 Å². The molecule has 0 spiro atoms. The Morgan fingerprint density at radius 3 is 2.62 bits per heavy atom. The van der Waals surface area contributed by atoms with Crippen LogP contribution in [0.15, 0.2) is 24.3 Å². The summed E-state index contributed by atoms with van der Waals surface area (Å²) in [5.41, 5.74) is 2.33. The molecule has 4 heteroatoms. The van der Waals surface area contributed by atoms with Gasteiger partial charge in [-0.3, -0.25) is 4.90 Å². The van der Waals surface area contributed by atoms with Crippen LogP contribution in [-0.4, -0.2) is 37.6 Å². The van der Waals surface area contributed by atoms with E-state index in [9.17, 15) is 4.79 Å². The van der Waals surface area contributed by atoms with Crippen molar-refractivity contribution in [3.63, 3.8) is 0 Å². The Balaban J connectivity index is 1.80. The van der Waals surface area contributed by atoms with Gasteiger partial charge in [-0.15, -0.1) is 0 Å². The predicted molar refractivity (Wildman–Crippen MR) is 85.6 cm³/mol. The van der Waals surface area contributed by atoms with Gasteiger partial charge in [0.2, 0.25) is 0 Å². The number of hydrogen-bond donors (Lipinski definition) is 1. The maximum atomic E-state index is 12.6. The first-order chi connectivity index (χ1) is 10.2. The first kappa shape index (κ1) is 14.4. The summed E-state index contributed by atoms with van der Waals surface area (Å²) in [5.74, 6) is 0. The van der Waals surface area contributed by atoms with E-state index in [1.54, 1.807) is 0 Å². The molecule has 2 amide bonds. The predicted octanol–water partition coefficient (Wildman–Crippen LogP) is 3.15. The quantitative estimate of drug-likeness (QED) is 0.907. The molecule has 1 aliphatic heterocycles. The lowest BCUT2D eigenvalue weighted by atomic mass is 9.96. The van der Waals surface area contributed by atoms with Crippen molar-refractivity contribution in [2.45, 2.75) is 44.2 Å². The van der Waals surface area contributed by atoms with Crippen molar-refractivity contribution < 1.29 is 4.79 Å². The number of rotatable bonds is 2. The van der Waals surface area contributed by atoms with Crippen molar-refractivity contribution >= 4 is 11.7 Å². The Morgan fingerprint density at radius 2 is 1.90 bits per heavy atom. The SMILES string of the molecule is CN(C)C1CCN(C(=O)NC2CCCC2)c2ccccc21. The van der Waals surface area contributed by atoms with Crippen LogP contribution in [0, 0.1) is 0 Å². The van der Waals surface area contributed by atoms with Gasteiger partial charge in [-0.1, -0.05) is 31.0 Å². The number of nitrogens with zero attached hydrogens (tertiary/aromatic N) is 2. The van der Waals surface area contributed by atoms with Crippen LogP contribution in [0.5, 0.6) is 0 Å². The minimum absolute atomic E-state index is 0.0755. The molecule has 1 aliphatic carbocycles. The van der Waals surface area contributed by atoms with Crippen LogP contribution in [0.3, 0.4) is 0 Å². The number of anilines is 1. The second-order valence-corrected chi connectivity index (χ2v) is 6.41. The molecule has 1 heterocycles. The third kappa shape index (κ3) is 2.91. The molecule has 1 unspecified atom stereocenters. The van der Waals surface area contributed by atoms with Crippen molar-refractivity contribution in [1.29, 1.82) is 0 Å². The van der Waals surface area contributed by atoms with E-state index in [1.165, 1.54) is 18.4 Å². The van der Waals surface area contributed by atoms with Crippen LogP contribution < -0.4 is 10.2 Å². The van der Waals surface area contributed by atoms with E-state index < -0.39 is 0 Å². The van der Waals surface area contributed by atoms with Crippen molar-refractivity contribution in [2.75, 3.05) is 25.5 Å². The fourth-order valence-electron chi connectivity index (χ4n) is 3.61. The van der Waals surface area contributed by atoms with Gasteiger partial charge < -0.3 is 10.2 Å². The first-order valence-corrected chi connectivity index (χ1v) is 8.00. The molecule has 1 aromatic rings. The van der Waals surface area contributed by atoms with Crippen molar-refractivity contribution in [2.24, 2.45) is 0 Å². The highest BCUT2D eigenvalue weighted by atomic mass is 16.2. The van der Waals surface area contributed by atoms with E-state index in [0.717, 1.165) is 31.5 Å². The minimum Gasteiger partial charge on any atom is -0.335 e. The second kappa shape index (κ2) is 6.06. The Bertz CT molecular complexity index is 509. The van der Waals surface area contributed by atoms with Crippen LogP contribution in [-0.2, 0) is 0 Å². The van der Waals surface area contributed by atoms with E-state index in [2.05, 4.69) is 42.5 Å². The van der Waals surface area contributed by atoms with Crippen LogP contribution in [0.25, 0.3) is 0 Å². The van der Waals surface area contributed by atoms with Gasteiger partial charge in [0.15, 0.2) is 0 Å². The van der Waals surface area contributed by atoms with Gasteiger partial charge in [0, 0.05) is 18.6 Å². The van der Waals surface area contributed by atoms with Crippen molar-refractivity contribution in [3.8, 4) is 0 Å². The summed E-state index contributed by atoms with van der Waals surface area (Å²) < 4.78 is 0. The van der Waals surface area contributed by atoms with Crippen LogP contribution in [0.4, 0.5) is 10.5 Å². The van der Waals surface area contributed by atoms with E-state index in [1.807, 2.05) is 11.0 Å². The molecule has 1 atom stereocenters. The van der Waals surface area contributed by atoms with Crippen LogP contribution >= 0.6 is 0 Å². The molecule has 3 rings (SSSR count). The van der Waals surface area contributed by atoms with Gasteiger partial charge in [0.25, 0.3) is 0 Å². The Hall–Kier alpha value is -1.55. The number of carbonyl (C=O) groups excluding carboxylic acids is 1. The molecule has 0 aromatic heterocycles. The Kier molecular flexibility index (Phi) is 4.15. The number of carbonyl (C=O) groups is 1. The monoisotopic (exact) mass is 287 g/mol. The largest absolute Gasteiger partial charge is 0.335 e. The third-order valence-electron chi connectivity index (χ3n) is 4.76. The molecule has 2 aliphatic rings. The number of urea groups is 1. The average Bonchev–Trinajstić information content (AvgIpc) is 2.98. The van der Waals surface area contributed by atoms with Crippen molar-refractivity contribution in [3.05, 3.63) is 29.8 Å². The molecule has 21 heavy (non-hydrogen) atoms. The lowest BCUT2D eigenvalue weighted by Crippen LogP contribution is -2.47. The van der Waals surface area contributed by atoms with E-state index in [4.69, 9.17) is 0 Å². The molecule has 1 N–H and O–H groups in total. The lowest BCUT2D eigenvalue weighted by molar-refractivity contribution is 0.237. The van der Waals surface area contributed by atoms with Crippen molar-refractivity contribution in [1.82, 2.24) is 10.2 Å². The summed E-state index contributed by atoms with van der Waals surface area (Å²) >= 11 is 0. The molecular formula is C17H25N3O. The highest BCUT2D eigenvalue weighted by Crippen LogP contribution is 2.36. The van der Waals surface area contributed by atoms with Crippen LogP contribution in [0.1, 0.15) is 43.7 Å². The first-order valence-electron chi connectivity index (χ1n) is 8.00. The van der Waals surface area contributed by atoms with Gasteiger partial charge >= 0.3 is 6.03 Å². The minimum atomic E-state index is 0.0755. The molecular weight excluding hydrogens is 262 g/mol. The summed E-state index contributed by atoms with van der Waals surface area (Å²) in [6, 6.07) is 9.15. The zero-order chi connectivity index (χ0) is 14.8. The number of nitrogens with one attached hydrogen (secondary N) is 1. The zero-order valence-corrected chi connectivity index (χ0v) is 13.0. The van der Waals surface area contributed by atoms with Gasteiger partial charge in [0.05, 0.1) is 5.69 Å². The average molecular weight is 287 g/mol. The molecule has 1 aromatic carbocycles. The number of fused-ring (bicyclic) bond motifs is 1. The van der Waals surface area contributed by atoms with Gasteiger partial charge in [-0.2, -0.15) is 0 Å². The highest BCUT2D eigenvalue weighted by Gasteiger charge is 2.30. The Labute approximate surface area is 127 Å². The van der Waals surface area contributed by atoms with Gasteiger partial charge in [-0.25, -0.2) is 4.79 Å². The molecule has 114 valence electrons. The van der Waals surface area contributed by atoms with Crippen LogP contribution in [0.2, 0.25) is 0 Å².